The van der Waals surface area contributed by atoms with E-state index in [9.17, 15) is 13.6 Å². The number of para-hydroxylation sites is 2. The Balaban J connectivity index is 1.46. The Kier molecular flexibility index (Phi) is 5.50. The lowest BCUT2D eigenvalue weighted by Gasteiger charge is -2.12. The van der Waals surface area contributed by atoms with Gasteiger partial charge in [-0.2, -0.15) is 9.78 Å². The number of aryl methyl sites for hydroxylation is 2. The number of rotatable bonds is 6. The summed E-state index contributed by atoms with van der Waals surface area (Å²) in [5.74, 6) is -0.710. The van der Waals surface area contributed by atoms with Crippen molar-refractivity contribution in [3.63, 3.8) is 0 Å². The molecule has 0 aliphatic carbocycles. The molecular formula is C21H18ClF2N5O. The summed E-state index contributed by atoms with van der Waals surface area (Å²) in [4.78, 5) is 17.0. The molecule has 0 radical (unpaired) electrons. The fourth-order valence-corrected chi connectivity index (χ4v) is 3.51. The van der Waals surface area contributed by atoms with E-state index in [-0.39, 0.29) is 10.7 Å². The van der Waals surface area contributed by atoms with Crippen LogP contribution in [0.25, 0.3) is 16.7 Å². The first kappa shape index (κ1) is 20.0. The molecule has 0 aliphatic heterocycles. The van der Waals surface area contributed by atoms with E-state index in [4.69, 9.17) is 11.6 Å². The van der Waals surface area contributed by atoms with Crippen molar-refractivity contribution >= 4 is 28.3 Å². The number of hydrogen-bond acceptors (Lipinski definition) is 4. The van der Waals surface area contributed by atoms with Gasteiger partial charge in [0.1, 0.15) is 22.4 Å². The van der Waals surface area contributed by atoms with Crippen LogP contribution in [-0.2, 0) is 6.54 Å². The van der Waals surface area contributed by atoms with Crippen molar-refractivity contribution in [1.82, 2.24) is 19.3 Å². The third-order valence-electron chi connectivity index (χ3n) is 4.78. The SMILES string of the molecule is Cc1nc2ccccc2n1CCCNc1cnn(-c2ccc(F)cc2F)c(=O)c1Cl. The number of hydrogen-bond donors (Lipinski definition) is 1. The number of fused-ring (bicyclic) bond motifs is 1. The van der Waals surface area contributed by atoms with Gasteiger partial charge in [-0.05, 0) is 37.6 Å². The largest absolute Gasteiger partial charge is 0.382 e. The summed E-state index contributed by atoms with van der Waals surface area (Å²) in [5, 5.41) is 6.94. The molecule has 6 nitrogen and oxygen atoms in total. The van der Waals surface area contributed by atoms with E-state index in [2.05, 4.69) is 20.0 Å². The average Bonchev–Trinajstić information content (AvgIpc) is 3.04. The van der Waals surface area contributed by atoms with Gasteiger partial charge in [-0.3, -0.25) is 4.79 Å². The van der Waals surface area contributed by atoms with E-state index < -0.39 is 17.2 Å². The maximum atomic E-state index is 14.0. The van der Waals surface area contributed by atoms with Gasteiger partial charge in [0, 0.05) is 19.2 Å². The average molecular weight is 430 g/mol. The van der Waals surface area contributed by atoms with Gasteiger partial charge in [0.2, 0.25) is 0 Å². The van der Waals surface area contributed by atoms with Gasteiger partial charge >= 0.3 is 0 Å². The van der Waals surface area contributed by atoms with Gasteiger partial charge in [0.25, 0.3) is 5.56 Å². The highest BCUT2D eigenvalue weighted by Crippen LogP contribution is 2.19. The van der Waals surface area contributed by atoms with Crippen LogP contribution in [0.5, 0.6) is 0 Å². The minimum atomic E-state index is -0.899. The third-order valence-corrected chi connectivity index (χ3v) is 5.14. The Hall–Kier alpha value is -3.26. The number of aromatic nitrogens is 4. The highest BCUT2D eigenvalue weighted by molar-refractivity contribution is 6.32. The number of nitrogens with zero attached hydrogens (tertiary/aromatic N) is 4. The predicted octanol–water partition coefficient (Wildman–Crippen LogP) is 4.32. The normalized spacial score (nSPS) is 11.2. The molecule has 0 saturated carbocycles. The van der Waals surface area contributed by atoms with Crippen LogP contribution >= 0.6 is 11.6 Å². The lowest BCUT2D eigenvalue weighted by Crippen LogP contribution is -2.24. The summed E-state index contributed by atoms with van der Waals surface area (Å²) in [6, 6.07) is 10.8. The topological polar surface area (TPSA) is 64.7 Å². The molecule has 0 unspecified atom stereocenters. The molecule has 0 saturated heterocycles. The molecule has 0 atom stereocenters. The third kappa shape index (κ3) is 3.78. The van der Waals surface area contributed by atoms with Crippen molar-refractivity contribution in [3.8, 4) is 5.69 Å². The molecule has 4 aromatic rings. The summed E-state index contributed by atoms with van der Waals surface area (Å²) in [7, 11) is 0. The second-order valence-electron chi connectivity index (χ2n) is 6.76. The number of halogens is 3. The molecule has 0 spiro atoms. The Labute approximate surface area is 175 Å². The lowest BCUT2D eigenvalue weighted by atomic mass is 10.3. The van der Waals surface area contributed by atoms with Crippen LogP contribution in [0.2, 0.25) is 5.02 Å². The summed E-state index contributed by atoms with van der Waals surface area (Å²) in [6.07, 6.45) is 2.11. The maximum Gasteiger partial charge on any atom is 0.292 e. The Morgan fingerprint density at radius 3 is 2.77 bits per heavy atom. The summed E-state index contributed by atoms with van der Waals surface area (Å²) in [5.41, 5.74) is 1.51. The lowest BCUT2D eigenvalue weighted by molar-refractivity contribution is 0.570. The van der Waals surface area contributed by atoms with E-state index in [1.54, 1.807) is 0 Å². The first-order chi connectivity index (χ1) is 14.5. The van der Waals surface area contributed by atoms with Crippen LogP contribution in [-0.4, -0.2) is 25.9 Å². The first-order valence-electron chi connectivity index (χ1n) is 9.34. The van der Waals surface area contributed by atoms with E-state index >= 15 is 0 Å². The Bertz CT molecular complexity index is 1280. The van der Waals surface area contributed by atoms with Gasteiger partial charge < -0.3 is 9.88 Å². The minimum Gasteiger partial charge on any atom is -0.382 e. The van der Waals surface area contributed by atoms with Crippen LogP contribution in [0.4, 0.5) is 14.5 Å². The van der Waals surface area contributed by atoms with E-state index in [0.717, 1.165) is 46.6 Å². The molecule has 2 heterocycles. The quantitative estimate of drug-likeness (QED) is 0.463. The molecule has 30 heavy (non-hydrogen) atoms. The van der Waals surface area contributed by atoms with Crippen LogP contribution in [0.3, 0.4) is 0 Å². The molecule has 0 aliphatic rings. The fourth-order valence-electron chi connectivity index (χ4n) is 3.32. The van der Waals surface area contributed by atoms with Gasteiger partial charge in [0.05, 0.1) is 22.9 Å². The summed E-state index contributed by atoms with van der Waals surface area (Å²) >= 11 is 6.17. The molecule has 9 heteroatoms. The van der Waals surface area contributed by atoms with E-state index in [1.807, 2.05) is 31.2 Å². The highest BCUT2D eigenvalue weighted by Gasteiger charge is 2.14. The number of anilines is 1. The predicted molar refractivity (Wildman–Crippen MR) is 112 cm³/mol. The Morgan fingerprint density at radius 1 is 1.17 bits per heavy atom. The van der Waals surface area contributed by atoms with Crippen molar-refractivity contribution in [1.29, 1.82) is 0 Å². The standard InChI is InChI=1S/C21H18ClF2N5O/c1-13-27-16-5-2-3-6-19(16)28(13)10-4-9-25-17-12-26-29(21(30)20(17)22)18-8-7-14(23)11-15(18)24/h2-3,5-8,11-12,25H,4,9-10H2,1H3. The second kappa shape index (κ2) is 8.23. The van der Waals surface area contributed by atoms with Crippen molar-refractivity contribution in [2.45, 2.75) is 19.9 Å². The van der Waals surface area contributed by atoms with Crippen LogP contribution in [0.15, 0.2) is 53.5 Å². The molecule has 0 fully saturated rings. The zero-order valence-electron chi connectivity index (χ0n) is 16.1. The molecule has 2 aromatic heterocycles. The summed E-state index contributed by atoms with van der Waals surface area (Å²) in [6.45, 7) is 3.24. The van der Waals surface area contributed by atoms with Crippen LogP contribution < -0.4 is 10.9 Å². The molecule has 2 aromatic carbocycles. The zero-order chi connectivity index (χ0) is 21.3. The number of nitrogens with one attached hydrogen (secondary N) is 1. The van der Waals surface area contributed by atoms with E-state index in [0.29, 0.717) is 18.3 Å². The van der Waals surface area contributed by atoms with Crippen LogP contribution in [0.1, 0.15) is 12.2 Å². The van der Waals surface area contributed by atoms with Gasteiger partial charge in [-0.1, -0.05) is 23.7 Å². The van der Waals surface area contributed by atoms with Crippen molar-refractivity contribution < 1.29 is 8.78 Å². The van der Waals surface area contributed by atoms with Crippen molar-refractivity contribution in [2.24, 2.45) is 0 Å². The molecular weight excluding hydrogens is 412 g/mol. The van der Waals surface area contributed by atoms with Gasteiger partial charge in [0.15, 0.2) is 5.82 Å². The zero-order valence-corrected chi connectivity index (χ0v) is 16.8. The summed E-state index contributed by atoms with van der Waals surface area (Å²) < 4.78 is 30.0. The molecule has 0 bridgehead atoms. The monoisotopic (exact) mass is 429 g/mol. The minimum absolute atomic E-state index is 0.113. The Morgan fingerprint density at radius 2 is 1.97 bits per heavy atom. The fraction of sp³-hybridized carbons (Fsp3) is 0.190. The highest BCUT2D eigenvalue weighted by atomic mass is 35.5. The second-order valence-corrected chi connectivity index (χ2v) is 7.14. The molecule has 0 amide bonds. The maximum absolute atomic E-state index is 14.0. The van der Waals surface area contributed by atoms with Crippen molar-refractivity contribution in [2.75, 3.05) is 11.9 Å². The van der Waals surface area contributed by atoms with Gasteiger partial charge in [-0.15, -0.1) is 0 Å². The molecule has 1 N–H and O–H groups in total. The number of benzene rings is 2. The van der Waals surface area contributed by atoms with E-state index in [1.165, 1.54) is 6.20 Å². The first-order valence-corrected chi connectivity index (χ1v) is 9.72. The van der Waals surface area contributed by atoms with Crippen LogP contribution in [0, 0.1) is 18.6 Å². The molecule has 154 valence electrons. The number of imidazole rings is 1. The van der Waals surface area contributed by atoms with Gasteiger partial charge in [-0.25, -0.2) is 13.8 Å². The molecule has 4 rings (SSSR count). The smallest absolute Gasteiger partial charge is 0.292 e. The van der Waals surface area contributed by atoms with Crippen molar-refractivity contribution in [3.05, 3.63) is 81.5 Å².